The Morgan fingerprint density at radius 3 is 2.35 bits per heavy atom. The molecule has 0 fully saturated rings. The number of benzene rings is 2. The lowest BCUT2D eigenvalue weighted by atomic mass is 10.1. The Morgan fingerprint density at radius 2 is 1.74 bits per heavy atom. The molecule has 0 aliphatic carbocycles. The smallest absolute Gasteiger partial charge is 0.236 e. The van der Waals surface area contributed by atoms with E-state index in [1.165, 1.54) is 0 Å². The van der Waals surface area contributed by atoms with Crippen molar-refractivity contribution < 1.29 is 8.42 Å². The number of nitrogens with one attached hydrogen (secondary N) is 1. The lowest BCUT2D eigenvalue weighted by molar-refractivity contribution is 0.600. The molecule has 23 heavy (non-hydrogen) atoms. The van der Waals surface area contributed by atoms with Crippen LogP contribution in [0, 0.1) is 6.92 Å². The van der Waals surface area contributed by atoms with Crippen molar-refractivity contribution in [1.29, 1.82) is 0 Å². The van der Waals surface area contributed by atoms with Crippen LogP contribution in [0.4, 0.5) is 5.69 Å². The predicted molar refractivity (Wildman–Crippen MR) is 95.0 cm³/mol. The molecule has 3 rings (SSSR count). The minimum absolute atomic E-state index is 0.0408. The van der Waals surface area contributed by atoms with Crippen LogP contribution in [-0.2, 0) is 15.8 Å². The van der Waals surface area contributed by atoms with E-state index in [9.17, 15) is 8.42 Å². The number of anilines is 1. The first-order chi connectivity index (χ1) is 11.0. The first kappa shape index (κ1) is 15.7. The summed E-state index contributed by atoms with van der Waals surface area (Å²) >= 11 is 1.59. The van der Waals surface area contributed by atoms with Gasteiger partial charge in [0, 0.05) is 16.6 Å². The molecular formula is C17H16N2O2S2. The lowest BCUT2D eigenvalue weighted by Gasteiger charge is -2.08. The second kappa shape index (κ2) is 6.52. The molecule has 0 amide bonds. The van der Waals surface area contributed by atoms with E-state index in [1.807, 2.05) is 42.6 Å². The van der Waals surface area contributed by atoms with Gasteiger partial charge in [-0.25, -0.2) is 13.4 Å². The van der Waals surface area contributed by atoms with E-state index >= 15 is 0 Å². The third kappa shape index (κ3) is 4.18. The van der Waals surface area contributed by atoms with Gasteiger partial charge in [-0.15, -0.1) is 11.3 Å². The zero-order valence-corrected chi connectivity index (χ0v) is 14.2. The van der Waals surface area contributed by atoms with E-state index in [1.54, 1.807) is 35.6 Å². The number of aryl methyl sites for hydroxylation is 1. The number of thiazole rings is 1. The van der Waals surface area contributed by atoms with Gasteiger partial charge in [-0.05, 0) is 24.6 Å². The maximum Gasteiger partial charge on any atom is 0.236 e. The van der Waals surface area contributed by atoms with Crippen molar-refractivity contribution in [1.82, 2.24) is 4.98 Å². The van der Waals surface area contributed by atoms with Gasteiger partial charge in [0.05, 0.1) is 16.5 Å². The first-order valence-corrected chi connectivity index (χ1v) is 9.62. The minimum atomic E-state index is -3.42. The van der Waals surface area contributed by atoms with Crippen LogP contribution in [0.2, 0.25) is 0 Å². The first-order valence-electron chi connectivity index (χ1n) is 7.09. The molecule has 1 heterocycles. The minimum Gasteiger partial charge on any atom is -0.283 e. The molecule has 118 valence electrons. The van der Waals surface area contributed by atoms with E-state index in [4.69, 9.17) is 0 Å². The van der Waals surface area contributed by atoms with E-state index in [2.05, 4.69) is 9.71 Å². The Bertz CT molecular complexity index is 886. The molecule has 0 radical (unpaired) electrons. The molecule has 0 bridgehead atoms. The topological polar surface area (TPSA) is 59.1 Å². The standard InChI is InChI=1S/C17H16N2O2S2/c1-13-18-17(11-22-13)15-7-9-16(10-8-15)19-23(20,21)12-14-5-3-2-4-6-14/h2-11,19H,12H2,1H3. The van der Waals surface area contributed by atoms with Crippen molar-refractivity contribution in [2.24, 2.45) is 0 Å². The van der Waals surface area contributed by atoms with Gasteiger partial charge in [0.2, 0.25) is 10.0 Å². The Hall–Kier alpha value is -2.18. The van der Waals surface area contributed by atoms with Crippen molar-refractivity contribution in [2.45, 2.75) is 12.7 Å². The third-order valence-electron chi connectivity index (χ3n) is 3.27. The summed E-state index contributed by atoms with van der Waals surface area (Å²) < 4.78 is 27.0. The highest BCUT2D eigenvalue weighted by Crippen LogP contribution is 2.23. The zero-order chi connectivity index (χ0) is 16.3. The third-order valence-corrected chi connectivity index (χ3v) is 5.31. The Balaban J connectivity index is 1.72. The summed E-state index contributed by atoms with van der Waals surface area (Å²) in [4.78, 5) is 4.42. The normalized spacial score (nSPS) is 11.3. The van der Waals surface area contributed by atoms with Crippen LogP contribution in [0.1, 0.15) is 10.6 Å². The summed E-state index contributed by atoms with van der Waals surface area (Å²) in [6.07, 6.45) is 0. The monoisotopic (exact) mass is 344 g/mol. The Morgan fingerprint density at radius 1 is 1.04 bits per heavy atom. The average molecular weight is 344 g/mol. The van der Waals surface area contributed by atoms with Gasteiger partial charge < -0.3 is 0 Å². The van der Waals surface area contributed by atoms with Gasteiger partial charge >= 0.3 is 0 Å². The van der Waals surface area contributed by atoms with Gasteiger partial charge in [0.1, 0.15) is 0 Å². The molecular weight excluding hydrogens is 328 g/mol. The molecule has 0 aliphatic heterocycles. The van der Waals surface area contributed by atoms with Crippen molar-refractivity contribution in [3.05, 3.63) is 70.5 Å². The number of hydrogen-bond donors (Lipinski definition) is 1. The van der Waals surface area contributed by atoms with Gasteiger partial charge in [-0.3, -0.25) is 4.72 Å². The molecule has 1 aromatic heterocycles. The van der Waals surface area contributed by atoms with Crippen molar-refractivity contribution in [2.75, 3.05) is 4.72 Å². The van der Waals surface area contributed by atoms with E-state index in [-0.39, 0.29) is 5.75 Å². The van der Waals surface area contributed by atoms with Crippen LogP contribution < -0.4 is 4.72 Å². The molecule has 0 spiro atoms. The fraction of sp³-hybridized carbons (Fsp3) is 0.118. The van der Waals surface area contributed by atoms with Crippen LogP contribution in [-0.4, -0.2) is 13.4 Å². The Kier molecular flexibility index (Phi) is 4.45. The van der Waals surface area contributed by atoms with E-state index < -0.39 is 10.0 Å². The van der Waals surface area contributed by atoms with Crippen LogP contribution in [0.3, 0.4) is 0 Å². The average Bonchev–Trinajstić information content (AvgIpc) is 2.95. The quantitative estimate of drug-likeness (QED) is 0.759. The number of nitrogens with zero attached hydrogens (tertiary/aromatic N) is 1. The van der Waals surface area contributed by atoms with Gasteiger partial charge in [0.25, 0.3) is 0 Å². The van der Waals surface area contributed by atoms with Crippen LogP contribution in [0.15, 0.2) is 60.0 Å². The second-order valence-electron chi connectivity index (χ2n) is 5.18. The zero-order valence-electron chi connectivity index (χ0n) is 12.6. The second-order valence-corrected chi connectivity index (χ2v) is 7.96. The van der Waals surface area contributed by atoms with Gasteiger partial charge in [-0.1, -0.05) is 42.5 Å². The molecule has 0 unspecified atom stereocenters. The molecule has 3 aromatic rings. The number of rotatable bonds is 5. The summed E-state index contributed by atoms with van der Waals surface area (Å²) in [6, 6.07) is 16.4. The largest absolute Gasteiger partial charge is 0.283 e. The highest BCUT2D eigenvalue weighted by atomic mass is 32.2. The van der Waals surface area contributed by atoms with Crippen molar-refractivity contribution in [3.63, 3.8) is 0 Å². The van der Waals surface area contributed by atoms with Crippen molar-refractivity contribution >= 4 is 27.0 Å². The van der Waals surface area contributed by atoms with Gasteiger partial charge in [-0.2, -0.15) is 0 Å². The highest BCUT2D eigenvalue weighted by Gasteiger charge is 2.11. The molecule has 0 atom stereocenters. The molecule has 0 saturated carbocycles. The maximum absolute atomic E-state index is 12.2. The molecule has 0 aliphatic rings. The fourth-order valence-corrected chi connectivity index (χ4v) is 4.04. The SMILES string of the molecule is Cc1nc(-c2ccc(NS(=O)(=O)Cc3ccccc3)cc2)cs1. The Labute approximate surface area is 139 Å². The predicted octanol–water partition coefficient (Wildman–Crippen LogP) is 4.06. The van der Waals surface area contributed by atoms with Crippen LogP contribution >= 0.6 is 11.3 Å². The number of aromatic nitrogens is 1. The molecule has 6 heteroatoms. The fourth-order valence-electron chi connectivity index (χ4n) is 2.21. The molecule has 4 nitrogen and oxygen atoms in total. The van der Waals surface area contributed by atoms with E-state index in [0.717, 1.165) is 21.8 Å². The maximum atomic E-state index is 12.2. The van der Waals surface area contributed by atoms with Gasteiger partial charge in [0.15, 0.2) is 0 Å². The number of sulfonamides is 1. The van der Waals surface area contributed by atoms with Crippen LogP contribution in [0.5, 0.6) is 0 Å². The summed E-state index contributed by atoms with van der Waals surface area (Å²) in [5, 5.41) is 3.00. The summed E-state index contributed by atoms with van der Waals surface area (Å²) in [5.41, 5.74) is 3.19. The summed E-state index contributed by atoms with van der Waals surface area (Å²) in [6.45, 7) is 1.96. The van der Waals surface area contributed by atoms with Crippen molar-refractivity contribution in [3.8, 4) is 11.3 Å². The highest BCUT2D eigenvalue weighted by molar-refractivity contribution is 7.91. The number of hydrogen-bond acceptors (Lipinski definition) is 4. The van der Waals surface area contributed by atoms with Crippen LogP contribution in [0.25, 0.3) is 11.3 Å². The lowest BCUT2D eigenvalue weighted by Crippen LogP contribution is -2.14. The molecule has 0 saturated heterocycles. The summed E-state index contributed by atoms with van der Waals surface area (Å²) in [5.74, 6) is -0.0408. The molecule has 1 N–H and O–H groups in total. The molecule has 2 aromatic carbocycles. The van der Waals surface area contributed by atoms with E-state index in [0.29, 0.717) is 5.69 Å². The summed E-state index contributed by atoms with van der Waals surface area (Å²) in [7, 11) is -3.42.